The van der Waals surface area contributed by atoms with Gasteiger partial charge in [-0.25, -0.2) is 9.37 Å². The molecule has 1 aromatic heterocycles. The summed E-state index contributed by atoms with van der Waals surface area (Å²) < 4.78 is 18.8. The number of hydrogen-bond acceptors (Lipinski definition) is 3. The number of rotatable bonds is 3. The third-order valence-corrected chi connectivity index (χ3v) is 2.96. The summed E-state index contributed by atoms with van der Waals surface area (Å²) in [6.07, 6.45) is 0.808. The van der Waals surface area contributed by atoms with E-state index in [1.165, 1.54) is 12.1 Å². The first-order chi connectivity index (χ1) is 9.26. The van der Waals surface area contributed by atoms with Crippen molar-refractivity contribution in [2.24, 2.45) is 5.73 Å². The van der Waals surface area contributed by atoms with E-state index in [2.05, 4.69) is 4.98 Å². The summed E-state index contributed by atoms with van der Waals surface area (Å²) in [7, 11) is 0. The Morgan fingerprint density at radius 2 is 2.05 bits per heavy atom. The van der Waals surface area contributed by atoms with E-state index in [1.54, 1.807) is 6.07 Å². The van der Waals surface area contributed by atoms with Crippen LogP contribution in [0.2, 0.25) is 0 Å². The number of nitrogens with zero attached hydrogens (tertiary/aromatic N) is 1. The van der Waals surface area contributed by atoms with Crippen LogP contribution in [0, 0.1) is 5.82 Å². The third-order valence-electron chi connectivity index (χ3n) is 2.96. The predicted octanol–water partition coefficient (Wildman–Crippen LogP) is 3.14. The van der Waals surface area contributed by atoms with Crippen LogP contribution in [0.4, 0.5) is 4.39 Å². The van der Waals surface area contributed by atoms with Gasteiger partial charge in [-0.05, 0) is 42.8 Å². The lowest BCUT2D eigenvalue weighted by Crippen LogP contribution is -2.02. The molecule has 96 valence electrons. The normalized spacial score (nSPS) is 11.1. The number of aromatic nitrogens is 1. The van der Waals surface area contributed by atoms with Crippen molar-refractivity contribution in [2.45, 2.75) is 6.42 Å². The highest BCUT2D eigenvalue weighted by Crippen LogP contribution is 2.25. The average Bonchev–Trinajstić information content (AvgIpc) is 2.82. The van der Waals surface area contributed by atoms with E-state index in [9.17, 15) is 4.39 Å². The molecule has 0 amide bonds. The molecule has 0 radical (unpaired) electrons. The third kappa shape index (κ3) is 2.35. The van der Waals surface area contributed by atoms with Gasteiger partial charge >= 0.3 is 0 Å². The molecule has 3 nitrogen and oxygen atoms in total. The number of fused-ring (bicyclic) bond motifs is 1. The first kappa shape index (κ1) is 11.9. The minimum Gasteiger partial charge on any atom is -0.436 e. The molecule has 0 saturated heterocycles. The molecular formula is C15H13FN2O. The standard InChI is InChI=1S/C15H13FN2O/c16-12-4-5-14-13(9-12)18-15(19-14)11-3-1-2-10(8-11)6-7-17/h1-5,8-9H,6-7,17H2. The summed E-state index contributed by atoms with van der Waals surface area (Å²) in [6, 6.07) is 12.2. The molecule has 3 rings (SSSR count). The Labute approximate surface area is 109 Å². The Morgan fingerprint density at radius 3 is 2.89 bits per heavy atom. The van der Waals surface area contributed by atoms with Crippen molar-refractivity contribution in [1.29, 1.82) is 0 Å². The Morgan fingerprint density at radius 1 is 1.16 bits per heavy atom. The second-order valence-corrected chi connectivity index (χ2v) is 4.37. The van der Waals surface area contributed by atoms with E-state index in [0.717, 1.165) is 17.5 Å². The highest BCUT2D eigenvalue weighted by molar-refractivity contribution is 5.76. The van der Waals surface area contributed by atoms with E-state index in [4.69, 9.17) is 10.2 Å². The van der Waals surface area contributed by atoms with Crippen molar-refractivity contribution in [3.05, 3.63) is 53.8 Å². The van der Waals surface area contributed by atoms with Crippen LogP contribution in [0.3, 0.4) is 0 Å². The molecule has 0 aliphatic rings. The van der Waals surface area contributed by atoms with Crippen molar-refractivity contribution < 1.29 is 8.81 Å². The molecule has 0 spiro atoms. The van der Waals surface area contributed by atoms with Crippen LogP contribution in [-0.2, 0) is 6.42 Å². The first-order valence-electron chi connectivity index (χ1n) is 6.12. The number of halogens is 1. The summed E-state index contributed by atoms with van der Waals surface area (Å²) in [5.41, 5.74) is 8.67. The lowest BCUT2D eigenvalue weighted by Gasteiger charge is -2.00. The van der Waals surface area contributed by atoms with Crippen LogP contribution < -0.4 is 5.73 Å². The average molecular weight is 256 g/mol. The van der Waals surface area contributed by atoms with Crippen LogP contribution in [0.5, 0.6) is 0 Å². The van der Waals surface area contributed by atoms with Gasteiger partial charge in [0.05, 0.1) is 0 Å². The van der Waals surface area contributed by atoms with E-state index in [1.807, 2.05) is 24.3 Å². The molecule has 1 heterocycles. The number of hydrogen-bond donors (Lipinski definition) is 1. The van der Waals surface area contributed by atoms with Gasteiger partial charge in [0.1, 0.15) is 11.3 Å². The zero-order valence-electron chi connectivity index (χ0n) is 10.3. The Kier molecular flexibility index (Phi) is 3.01. The van der Waals surface area contributed by atoms with Crippen LogP contribution in [0.25, 0.3) is 22.6 Å². The fourth-order valence-electron chi connectivity index (χ4n) is 2.05. The lowest BCUT2D eigenvalue weighted by atomic mass is 10.1. The fraction of sp³-hybridized carbons (Fsp3) is 0.133. The molecule has 0 aliphatic carbocycles. The summed E-state index contributed by atoms with van der Waals surface area (Å²) >= 11 is 0. The second kappa shape index (κ2) is 4.82. The lowest BCUT2D eigenvalue weighted by molar-refractivity contribution is 0.614. The Bertz CT molecular complexity index is 721. The second-order valence-electron chi connectivity index (χ2n) is 4.37. The van der Waals surface area contributed by atoms with Gasteiger partial charge in [0.15, 0.2) is 5.58 Å². The van der Waals surface area contributed by atoms with Crippen molar-refractivity contribution in [3.8, 4) is 11.5 Å². The molecule has 0 bridgehead atoms. The van der Waals surface area contributed by atoms with Gasteiger partial charge in [0.25, 0.3) is 0 Å². The van der Waals surface area contributed by atoms with Crippen molar-refractivity contribution >= 4 is 11.1 Å². The van der Waals surface area contributed by atoms with Gasteiger partial charge in [-0.15, -0.1) is 0 Å². The Balaban J connectivity index is 2.05. The maximum Gasteiger partial charge on any atom is 0.227 e. The molecule has 4 heteroatoms. The zero-order valence-corrected chi connectivity index (χ0v) is 10.3. The van der Waals surface area contributed by atoms with Crippen molar-refractivity contribution in [1.82, 2.24) is 4.98 Å². The maximum absolute atomic E-state index is 13.1. The molecule has 2 aromatic carbocycles. The molecule has 2 N–H and O–H groups in total. The molecule has 19 heavy (non-hydrogen) atoms. The Hall–Kier alpha value is -2.20. The van der Waals surface area contributed by atoms with Crippen LogP contribution in [-0.4, -0.2) is 11.5 Å². The van der Waals surface area contributed by atoms with Crippen molar-refractivity contribution in [2.75, 3.05) is 6.54 Å². The first-order valence-corrected chi connectivity index (χ1v) is 6.12. The monoisotopic (exact) mass is 256 g/mol. The number of benzene rings is 2. The molecule has 0 unspecified atom stereocenters. The summed E-state index contributed by atoms with van der Waals surface area (Å²) in [4.78, 5) is 4.31. The number of nitrogens with two attached hydrogens (primary N) is 1. The molecular weight excluding hydrogens is 243 g/mol. The van der Waals surface area contributed by atoms with Gasteiger partial charge in [0.2, 0.25) is 5.89 Å². The van der Waals surface area contributed by atoms with Crippen LogP contribution in [0.1, 0.15) is 5.56 Å². The van der Waals surface area contributed by atoms with Crippen LogP contribution in [0.15, 0.2) is 46.9 Å². The van der Waals surface area contributed by atoms with E-state index >= 15 is 0 Å². The van der Waals surface area contributed by atoms with Gasteiger partial charge in [-0.1, -0.05) is 12.1 Å². The molecule has 0 fully saturated rings. The minimum atomic E-state index is -0.316. The van der Waals surface area contributed by atoms with E-state index < -0.39 is 0 Å². The highest BCUT2D eigenvalue weighted by Gasteiger charge is 2.09. The van der Waals surface area contributed by atoms with E-state index in [0.29, 0.717) is 23.5 Å². The topological polar surface area (TPSA) is 52.0 Å². The molecule has 0 saturated carbocycles. The summed E-state index contributed by atoms with van der Waals surface area (Å²) in [5.74, 6) is 0.184. The van der Waals surface area contributed by atoms with Gasteiger partial charge in [-0.3, -0.25) is 0 Å². The SMILES string of the molecule is NCCc1cccc(-c2nc3cc(F)ccc3o2)c1. The summed E-state index contributed by atoms with van der Waals surface area (Å²) in [6.45, 7) is 0.599. The smallest absolute Gasteiger partial charge is 0.227 e. The van der Waals surface area contributed by atoms with Crippen molar-refractivity contribution in [3.63, 3.8) is 0 Å². The maximum atomic E-state index is 13.1. The van der Waals surface area contributed by atoms with Crippen LogP contribution >= 0.6 is 0 Å². The number of oxazole rings is 1. The minimum absolute atomic E-state index is 0.316. The fourth-order valence-corrected chi connectivity index (χ4v) is 2.05. The van der Waals surface area contributed by atoms with E-state index in [-0.39, 0.29) is 5.82 Å². The molecule has 0 aliphatic heterocycles. The molecule has 0 atom stereocenters. The largest absolute Gasteiger partial charge is 0.436 e. The quantitative estimate of drug-likeness (QED) is 0.783. The summed E-state index contributed by atoms with van der Waals surface area (Å²) in [5, 5.41) is 0. The predicted molar refractivity (Wildman–Crippen MR) is 72.2 cm³/mol. The highest BCUT2D eigenvalue weighted by atomic mass is 19.1. The van der Waals surface area contributed by atoms with Gasteiger partial charge in [0, 0.05) is 11.6 Å². The zero-order chi connectivity index (χ0) is 13.2. The van der Waals surface area contributed by atoms with Gasteiger partial charge < -0.3 is 10.2 Å². The molecule has 3 aromatic rings. The van der Waals surface area contributed by atoms with Gasteiger partial charge in [-0.2, -0.15) is 0 Å².